The van der Waals surface area contributed by atoms with Crippen LogP contribution in [0, 0.1) is 6.92 Å². The highest BCUT2D eigenvalue weighted by atomic mass is 35.5. The molecule has 0 saturated heterocycles. The molecule has 2 N–H and O–H groups in total. The lowest BCUT2D eigenvalue weighted by Crippen LogP contribution is -2.32. The Bertz CT molecular complexity index is 864. The fraction of sp³-hybridized carbons (Fsp3) is 0.278. The second-order valence-corrected chi connectivity index (χ2v) is 7.99. The van der Waals surface area contributed by atoms with Crippen LogP contribution in [-0.2, 0) is 10.0 Å². The van der Waals surface area contributed by atoms with Crippen LogP contribution in [0.1, 0.15) is 36.2 Å². The van der Waals surface area contributed by atoms with Gasteiger partial charge in [-0.15, -0.1) is 0 Å². The average molecular weight is 381 g/mol. The van der Waals surface area contributed by atoms with Gasteiger partial charge in [0.1, 0.15) is 0 Å². The summed E-state index contributed by atoms with van der Waals surface area (Å²) in [4.78, 5) is 12.4. The molecule has 5 nitrogen and oxygen atoms in total. The number of nitrogens with one attached hydrogen (secondary N) is 2. The molecule has 0 aliphatic rings. The molecule has 1 atom stereocenters. The van der Waals surface area contributed by atoms with E-state index in [9.17, 15) is 13.2 Å². The summed E-state index contributed by atoms with van der Waals surface area (Å²) < 4.78 is 27.0. The summed E-state index contributed by atoms with van der Waals surface area (Å²) in [6.07, 6.45) is 0.693. The summed E-state index contributed by atoms with van der Waals surface area (Å²) in [6.45, 7) is 5.57. The van der Waals surface area contributed by atoms with Gasteiger partial charge in [0.2, 0.25) is 10.0 Å². The van der Waals surface area contributed by atoms with Crippen molar-refractivity contribution in [1.29, 1.82) is 0 Å². The van der Waals surface area contributed by atoms with Gasteiger partial charge in [-0.05, 0) is 62.2 Å². The SMILES string of the molecule is CCC(C)NS(=O)(=O)c1ccc(C(=O)Nc2ccc(C)c(Cl)c2)cc1. The summed E-state index contributed by atoms with van der Waals surface area (Å²) in [5.74, 6) is -0.334. The Morgan fingerprint density at radius 2 is 1.80 bits per heavy atom. The molecule has 134 valence electrons. The molecule has 0 saturated carbocycles. The molecule has 1 unspecified atom stereocenters. The van der Waals surface area contributed by atoms with Crippen molar-refractivity contribution in [2.24, 2.45) is 0 Å². The number of anilines is 1. The van der Waals surface area contributed by atoms with Crippen LogP contribution >= 0.6 is 11.6 Å². The molecule has 1 amide bonds. The summed E-state index contributed by atoms with van der Waals surface area (Å²) in [5.41, 5.74) is 1.86. The van der Waals surface area contributed by atoms with Crippen LogP contribution in [-0.4, -0.2) is 20.4 Å². The van der Waals surface area contributed by atoms with Crippen LogP contribution in [0.15, 0.2) is 47.4 Å². The topological polar surface area (TPSA) is 75.3 Å². The van der Waals surface area contributed by atoms with Gasteiger partial charge in [0.05, 0.1) is 4.90 Å². The molecule has 2 aromatic carbocycles. The average Bonchev–Trinajstić information content (AvgIpc) is 2.57. The molecule has 0 fully saturated rings. The van der Waals surface area contributed by atoms with Gasteiger partial charge in [0, 0.05) is 22.3 Å². The maximum absolute atomic E-state index is 12.3. The van der Waals surface area contributed by atoms with Crippen LogP contribution in [0.25, 0.3) is 0 Å². The molecule has 0 heterocycles. The molecule has 0 aliphatic heterocycles. The highest BCUT2D eigenvalue weighted by molar-refractivity contribution is 7.89. The molecule has 0 spiro atoms. The van der Waals surface area contributed by atoms with Gasteiger partial charge in [-0.3, -0.25) is 4.79 Å². The minimum absolute atomic E-state index is 0.128. The van der Waals surface area contributed by atoms with Crippen molar-refractivity contribution in [3.63, 3.8) is 0 Å². The maximum Gasteiger partial charge on any atom is 0.255 e. The minimum atomic E-state index is -3.58. The highest BCUT2D eigenvalue weighted by Gasteiger charge is 2.17. The van der Waals surface area contributed by atoms with E-state index in [1.807, 2.05) is 19.9 Å². The van der Waals surface area contributed by atoms with E-state index in [-0.39, 0.29) is 16.8 Å². The van der Waals surface area contributed by atoms with Crippen molar-refractivity contribution in [2.75, 3.05) is 5.32 Å². The number of aryl methyl sites for hydroxylation is 1. The van der Waals surface area contributed by atoms with E-state index in [4.69, 9.17) is 11.6 Å². The van der Waals surface area contributed by atoms with Crippen molar-refractivity contribution in [3.8, 4) is 0 Å². The quantitative estimate of drug-likeness (QED) is 0.795. The highest BCUT2D eigenvalue weighted by Crippen LogP contribution is 2.21. The van der Waals surface area contributed by atoms with Crippen LogP contribution in [0.3, 0.4) is 0 Å². The van der Waals surface area contributed by atoms with Gasteiger partial charge in [0.15, 0.2) is 0 Å². The molecule has 25 heavy (non-hydrogen) atoms. The maximum atomic E-state index is 12.3. The van der Waals surface area contributed by atoms with Gasteiger partial charge in [-0.1, -0.05) is 24.6 Å². The van der Waals surface area contributed by atoms with Gasteiger partial charge < -0.3 is 5.32 Å². The van der Waals surface area contributed by atoms with Gasteiger partial charge in [0.25, 0.3) is 5.91 Å². The first-order valence-electron chi connectivity index (χ1n) is 7.93. The Balaban J connectivity index is 2.13. The lowest BCUT2D eigenvalue weighted by atomic mass is 10.2. The lowest BCUT2D eigenvalue weighted by molar-refractivity contribution is 0.102. The Labute approximate surface area is 153 Å². The van der Waals surface area contributed by atoms with E-state index in [0.29, 0.717) is 22.7 Å². The Hall–Kier alpha value is -1.89. The minimum Gasteiger partial charge on any atom is -0.322 e. The number of halogens is 1. The first-order valence-corrected chi connectivity index (χ1v) is 9.79. The number of rotatable bonds is 6. The molecular formula is C18H21ClN2O3S. The molecule has 0 aliphatic carbocycles. The number of amides is 1. The zero-order chi connectivity index (χ0) is 18.6. The second kappa shape index (κ2) is 7.99. The molecule has 2 rings (SSSR count). The summed E-state index contributed by atoms with van der Waals surface area (Å²) in [7, 11) is -3.58. The fourth-order valence-corrected chi connectivity index (χ4v) is 3.58. The third kappa shape index (κ3) is 5.04. The molecule has 0 radical (unpaired) electrons. The second-order valence-electron chi connectivity index (χ2n) is 5.87. The smallest absolute Gasteiger partial charge is 0.255 e. The number of hydrogen-bond donors (Lipinski definition) is 2. The summed E-state index contributed by atoms with van der Waals surface area (Å²) in [5, 5.41) is 3.30. The standard InChI is InChI=1S/C18H21ClN2O3S/c1-4-13(3)21-25(23,24)16-9-6-14(7-10-16)18(22)20-15-8-5-12(2)17(19)11-15/h5-11,13,21H,4H2,1-3H3,(H,20,22). The Morgan fingerprint density at radius 3 is 2.36 bits per heavy atom. The normalized spacial score (nSPS) is 12.6. The van der Waals surface area contributed by atoms with Crippen LogP contribution in [0.2, 0.25) is 5.02 Å². The van der Waals surface area contributed by atoms with E-state index < -0.39 is 10.0 Å². The zero-order valence-corrected chi connectivity index (χ0v) is 15.9. The number of benzene rings is 2. The van der Waals surface area contributed by atoms with E-state index >= 15 is 0 Å². The van der Waals surface area contributed by atoms with E-state index in [1.54, 1.807) is 19.1 Å². The third-order valence-electron chi connectivity index (χ3n) is 3.83. The van der Waals surface area contributed by atoms with E-state index in [1.165, 1.54) is 24.3 Å². The summed E-state index contributed by atoms with van der Waals surface area (Å²) in [6, 6.07) is 10.9. The number of carbonyl (C=O) groups excluding carboxylic acids is 1. The van der Waals surface area contributed by atoms with Crippen molar-refractivity contribution in [3.05, 3.63) is 58.6 Å². The number of sulfonamides is 1. The fourth-order valence-electron chi connectivity index (χ4n) is 2.08. The van der Waals surface area contributed by atoms with Crippen molar-refractivity contribution < 1.29 is 13.2 Å². The van der Waals surface area contributed by atoms with Crippen molar-refractivity contribution in [2.45, 2.75) is 38.1 Å². The predicted molar refractivity (Wildman–Crippen MR) is 101 cm³/mol. The number of hydrogen-bond acceptors (Lipinski definition) is 3. The van der Waals surface area contributed by atoms with Gasteiger partial charge in [-0.2, -0.15) is 0 Å². The number of carbonyl (C=O) groups is 1. The van der Waals surface area contributed by atoms with Crippen molar-refractivity contribution >= 4 is 33.2 Å². The zero-order valence-electron chi connectivity index (χ0n) is 14.3. The molecular weight excluding hydrogens is 360 g/mol. The van der Waals surface area contributed by atoms with Crippen LogP contribution in [0.4, 0.5) is 5.69 Å². The molecule has 0 aromatic heterocycles. The Kier molecular flexibility index (Phi) is 6.21. The molecule has 7 heteroatoms. The van der Waals surface area contributed by atoms with E-state index in [0.717, 1.165) is 5.56 Å². The molecule has 2 aromatic rings. The molecule has 0 bridgehead atoms. The Morgan fingerprint density at radius 1 is 1.16 bits per heavy atom. The predicted octanol–water partition coefficient (Wildman–Crippen LogP) is 3.98. The van der Waals surface area contributed by atoms with Gasteiger partial charge in [-0.25, -0.2) is 13.1 Å². The largest absolute Gasteiger partial charge is 0.322 e. The first kappa shape index (κ1) is 19.4. The van der Waals surface area contributed by atoms with Crippen molar-refractivity contribution in [1.82, 2.24) is 4.72 Å². The lowest BCUT2D eigenvalue weighted by Gasteiger charge is -2.12. The third-order valence-corrected chi connectivity index (χ3v) is 5.84. The first-order chi connectivity index (χ1) is 11.7. The summed E-state index contributed by atoms with van der Waals surface area (Å²) >= 11 is 6.04. The monoisotopic (exact) mass is 380 g/mol. The van der Waals surface area contributed by atoms with Crippen LogP contribution in [0.5, 0.6) is 0 Å². The van der Waals surface area contributed by atoms with E-state index in [2.05, 4.69) is 10.0 Å². The van der Waals surface area contributed by atoms with Crippen LogP contribution < -0.4 is 10.0 Å². The van der Waals surface area contributed by atoms with Gasteiger partial charge >= 0.3 is 0 Å².